The van der Waals surface area contributed by atoms with Crippen LogP contribution >= 0.6 is 11.6 Å². The van der Waals surface area contributed by atoms with Gasteiger partial charge in [-0.3, -0.25) is 19.1 Å². The summed E-state index contributed by atoms with van der Waals surface area (Å²) in [5.74, 6) is -1.03. The van der Waals surface area contributed by atoms with Gasteiger partial charge in [-0.25, -0.2) is 9.97 Å². The highest BCUT2D eigenvalue weighted by atomic mass is 35.5. The SMILES string of the molecule is CN(C)C(=O)Cn1nc(-c2cnc3[nH]cc(C(=O)NCC(=O)N4CC(C#N)C4)c3n2)c2ccc(Cl)cc21. The number of hydrogen-bond acceptors (Lipinski definition) is 7. The van der Waals surface area contributed by atoms with E-state index < -0.39 is 5.91 Å². The van der Waals surface area contributed by atoms with Crippen LogP contribution in [0.15, 0.2) is 30.6 Å². The van der Waals surface area contributed by atoms with Gasteiger partial charge in [-0.2, -0.15) is 10.4 Å². The first-order valence-corrected chi connectivity index (χ1v) is 11.8. The first-order chi connectivity index (χ1) is 17.7. The maximum atomic E-state index is 12.9. The molecule has 12 nitrogen and oxygen atoms in total. The van der Waals surface area contributed by atoms with Gasteiger partial charge >= 0.3 is 0 Å². The van der Waals surface area contributed by atoms with E-state index in [0.717, 1.165) is 5.39 Å². The van der Waals surface area contributed by atoms with Crippen LogP contribution in [0.25, 0.3) is 33.5 Å². The molecule has 0 unspecified atom stereocenters. The van der Waals surface area contributed by atoms with Crippen molar-refractivity contribution in [3.63, 3.8) is 0 Å². The number of fused-ring (bicyclic) bond motifs is 2. The van der Waals surface area contributed by atoms with E-state index in [1.54, 1.807) is 37.0 Å². The molecular weight excluding hydrogens is 498 g/mol. The Labute approximate surface area is 215 Å². The predicted molar refractivity (Wildman–Crippen MR) is 134 cm³/mol. The minimum atomic E-state index is -0.484. The molecule has 4 heterocycles. The number of likely N-dealkylation sites (N-methyl/N-ethyl adjacent to an activating group) is 1. The molecule has 0 spiro atoms. The van der Waals surface area contributed by atoms with Gasteiger partial charge in [-0.1, -0.05) is 11.6 Å². The van der Waals surface area contributed by atoms with Crippen LogP contribution < -0.4 is 5.32 Å². The van der Waals surface area contributed by atoms with Gasteiger partial charge in [0, 0.05) is 43.8 Å². The van der Waals surface area contributed by atoms with Crippen molar-refractivity contribution in [1.29, 1.82) is 5.26 Å². The Morgan fingerprint density at radius 3 is 2.81 bits per heavy atom. The summed E-state index contributed by atoms with van der Waals surface area (Å²) in [6.45, 7) is 0.572. The first-order valence-electron chi connectivity index (χ1n) is 11.4. The van der Waals surface area contributed by atoms with Crippen LogP contribution in [0.1, 0.15) is 10.4 Å². The lowest BCUT2D eigenvalue weighted by atomic mass is 10.0. The largest absolute Gasteiger partial charge is 0.347 e. The third kappa shape index (κ3) is 4.56. The van der Waals surface area contributed by atoms with E-state index >= 15 is 0 Å². The molecule has 0 aliphatic carbocycles. The molecule has 5 rings (SSSR count). The van der Waals surface area contributed by atoms with Crippen LogP contribution in [0.3, 0.4) is 0 Å². The molecule has 0 radical (unpaired) electrons. The monoisotopic (exact) mass is 519 g/mol. The Morgan fingerprint density at radius 1 is 1.30 bits per heavy atom. The van der Waals surface area contributed by atoms with E-state index in [9.17, 15) is 14.4 Å². The second-order valence-electron chi connectivity index (χ2n) is 8.92. The maximum absolute atomic E-state index is 12.9. The van der Waals surface area contributed by atoms with Gasteiger partial charge in [0.15, 0.2) is 5.65 Å². The quantitative estimate of drug-likeness (QED) is 0.390. The molecule has 3 aromatic heterocycles. The average Bonchev–Trinajstić information content (AvgIpc) is 3.42. The van der Waals surface area contributed by atoms with Gasteiger partial charge in [0.2, 0.25) is 11.8 Å². The van der Waals surface area contributed by atoms with E-state index in [4.69, 9.17) is 16.9 Å². The number of carbonyl (C=O) groups is 3. The fourth-order valence-electron chi connectivity index (χ4n) is 4.03. The lowest BCUT2D eigenvalue weighted by Gasteiger charge is -2.35. The Bertz CT molecular complexity index is 1590. The first kappa shape index (κ1) is 24.2. The van der Waals surface area contributed by atoms with Gasteiger partial charge < -0.3 is 20.1 Å². The second kappa shape index (κ2) is 9.51. The van der Waals surface area contributed by atoms with Crippen molar-refractivity contribution in [2.75, 3.05) is 33.7 Å². The third-order valence-electron chi connectivity index (χ3n) is 6.18. The number of rotatable bonds is 6. The number of H-pyrrole nitrogens is 1. The molecule has 2 N–H and O–H groups in total. The number of amides is 3. The fourth-order valence-corrected chi connectivity index (χ4v) is 4.20. The van der Waals surface area contributed by atoms with E-state index in [2.05, 4.69) is 31.4 Å². The zero-order valence-electron chi connectivity index (χ0n) is 20.0. The number of nitrogens with one attached hydrogen (secondary N) is 2. The lowest BCUT2D eigenvalue weighted by Crippen LogP contribution is -2.52. The molecule has 188 valence electrons. The number of benzene rings is 1. The summed E-state index contributed by atoms with van der Waals surface area (Å²) in [6.07, 6.45) is 3.02. The Kier molecular flexibility index (Phi) is 6.22. The number of aromatic nitrogens is 5. The van der Waals surface area contributed by atoms with E-state index in [1.807, 2.05) is 0 Å². The van der Waals surface area contributed by atoms with Gasteiger partial charge in [-0.15, -0.1) is 0 Å². The number of aromatic amines is 1. The number of hydrogen-bond donors (Lipinski definition) is 2. The second-order valence-corrected chi connectivity index (χ2v) is 9.35. The molecule has 1 aliphatic heterocycles. The van der Waals surface area contributed by atoms with Gasteiger partial charge in [0.25, 0.3) is 5.91 Å². The highest BCUT2D eigenvalue weighted by molar-refractivity contribution is 6.31. The van der Waals surface area contributed by atoms with Crippen molar-refractivity contribution >= 4 is 51.4 Å². The number of halogens is 1. The van der Waals surface area contributed by atoms with E-state index in [-0.39, 0.29) is 36.4 Å². The number of likely N-dealkylation sites (tertiary alicyclic amines) is 1. The lowest BCUT2D eigenvalue weighted by molar-refractivity contribution is -0.135. The molecule has 13 heteroatoms. The van der Waals surface area contributed by atoms with Gasteiger partial charge in [-0.05, 0) is 18.2 Å². The summed E-state index contributed by atoms with van der Waals surface area (Å²) >= 11 is 6.21. The normalized spacial score (nSPS) is 13.4. The van der Waals surface area contributed by atoms with Crippen molar-refractivity contribution in [1.82, 2.24) is 39.8 Å². The molecule has 0 atom stereocenters. The Morgan fingerprint density at radius 2 is 2.08 bits per heavy atom. The van der Waals surface area contributed by atoms with Crippen molar-refractivity contribution in [2.45, 2.75) is 6.54 Å². The van der Waals surface area contributed by atoms with E-state index in [0.29, 0.717) is 46.2 Å². The van der Waals surface area contributed by atoms with Crippen molar-refractivity contribution in [2.24, 2.45) is 5.92 Å². The molecule has 1 aromatic carbocycles. The summed E-state index contributed by atoms with van der Waals surface area (Å²) in [7, 11) is 3.33. The fraction of sp³-hybridized carbons (Fsp3) is 0.292. The third-order valence-corrected chi connectivity index (χ3v) is 6.42. The highest BCUT2D eigenvalue weighted by Gasteiger charge is 2.30. The van der Waals surface area contributed by atoms with Gasteiger partial charge in [0.05, 0.1) is 35.8 Å². The minimum absolute atomic E-state index is 0.0114. The molecule has 1 aliphatic rings. The number of nitrogens with zero attached hydrogens (tertiary/aromatic N) is 7. The topological polar surface area (TPSA) is 153 Å². The average molecular weight is 520 g/mol. The molecule has 3 amide bonds. The molecule has 37 heavy (non-hydrogen) atoms. The zero-order valence-corrected chi connectivity index (χ0v) is 20.8. The molecule has 1 fully saturated rings. The van der Waals surface area contributed by atoms with Crippen molar-refractivity contribution in [3.05, 3.63) is 41.2 Å². The maximum Gasteiger partial charge on any atom is 0.255 e. The molecular formula is C24H22ClN9O3. The van der Waals surface area contributed by atoms with Crippen molar-refractivity contribution in [3.8, 4) is 17.5 Å². The summed E-state index contributed by atoms with van der Waals surface area (Å²) in [5, 5.41) is 17.3. The summed E-state index contributed by atoms with van der Waals surface area (Å²) in [6, 6.07) is 7.36. The van der Waals surface area contributed by atoms with E-state index in [1.165, 1.54) is 22.2 Å². The Balaban J connectivity index is 1.43. The summed E-state index contributed by atoms with van der Waals surface area (Å²) in [5.41, 5.74) is 2.50. The molecule has 4 aromatic rings. The van der Waals surface area contributed by atoms with Crippen molar-refractivity contribution < 1.29 is 14.4 Å². The molecule has 1 saturated heterocycles. The number of carbonyl (C=O) groups excluding carboxylic acids is 3. The zero-order chi connectivity index (χ0) is 26.3. The van der Waals surface area contributed by atoms with Crippen LogP contribution in [-0.4, -0.2) is 86.0 Å². The number of nitriles is 1. The van der Waals surface area contributed by atoms with Gasteiger partial charge in [0.1, 0.15) is 23.4 Å². The molecule has 0 saturated carbocycles. The van der Waals surface area contributed by atoms with Crippen LogP contribution in [0.4, 0.5) is 0 Å². The predicted octanol–water partition coefficient (Wildman–Crippen LogP) is 1.43. The summed E-state index contributed by atoms with van der Waals surface area (Å²) in [4.78, 5) is 52.4. The van der Waals surface area contributed by atoms with Crippen LogP contribution in [0.5, 0.6) is 0 Å². The molecule has 0 bridgehead atoms. The minimum Gasteiger partial charge on any atom is -0.347 e. The van der Waals surface area contributed by atoms with Crippen LogP contribution in [0, 0.1) is 17.2 Å². The standard InChI is InChI=1S/C24H22ClN9O3/c1-32(2)20(36)12-34-18-5-14(25)3-4-15(18)21(31-34)17-8-28-23-22(30-17)16(7-27-23)24(37)29-9-19(35)33-10-13(6-26)11-33/h3-5,7-8,13H,9-12H2,1-2H3,(H,27,28)(H,29,37). The summed E-state index contributed by atoms with van der Waals surface area (Å²) < 4.78 is 1.56. The van der Waals surface area contributed by atoms with Crippen LogP contribution in [0.2, 0.25) is 5.02 Å². The smallest absolute Gasteiger partial charge is 0.255 e. The van der Waals surface area contributed by atoms with Crippen LogP contribution in [-0.2, 0) is 16.1 Å². The Hall–Kier alpha value is -4.50. The highest BCUT2D eigenvalue weighted by Crippen LogP contribution is 2.30.